The van der Waals surface area contributed by atoms with Gasteiger partial charge in [0, 0.05) is 22.2 Å². The largest absolute Gasteiger partial charge is 0.459 e. The fourth-order valence-corrected chi connectivity index (χ4v) is 2.61. The molecular weight excluding hydrogens is 306 g/mol. The molecule has 0 aliphatic heterocycles. The first kappa shape index (κ1) is 15.9. The van der Waals surface area contributed by atoms with Crippen molar-refractivity contribution in [1.29, 1.82) is 0 Å². The van der Waals surface area contributed by atoms with Crippen LogP contribution in [0, 0.1) is 0 Å². The van der Waals surface area contributed by atoms with Crippen molar-refractivity contribution in [2.75, 3.05) is 0 Å². The van der Waals surface area contributed by atoms with E-state index in [0.717, 1.165) is 33.2 Å². The number of hydrogen-bond acceptors (Lipinski definition) is 2. The van der Waals surface area contributed by atoms with Gasteiger partial charge in [-0.05, 0) is 35.9 Å². The van der Waals surface area contributed by atoms with E-state index in [4.69, 9.17) is 16.0 Å². The molecular formula is C20H20ClNO. The van der Waals surface area contributed by atoms with E-state index in [9.17, 15) is 0 Å². The SMILES string of the molecule is CC(C)NCc1cc(-c2ccccc2)c(-c2ccc(Cl)cc2)o1. The van der Waals surface area contributed by atoms with Crippen molar-refractivity contribution in [3.05, 3.63) is 71.4 Å². The summed E-state index contributed by atoms with van der Waals surface area (Å²) >= 11 is 6.01. The summed E-state index contributed by atoms with van der Waals surface area (Å²) < 4.78 is 6.14. The Bertz CT molecular complexity index is 760. The summed E-state index contributed by atoms with van der Waals surface area (Å²) in [4.78, 5) is 0. The molecule has 0 radical (unpaired) electrons. The third-order valence-corrected chi connectivity index (χ3v) is 3.91. The summed E-state index contributed by atoms with van der Waals surface area (Å²) in [6.45, 7) is 4.97. The molecule has 0 spiro atoms. The van der Waals surface area contributed by atoms with E-state index in [2.05, 4.69) is 37.4 Å². The first-order chi connectivity index (χ1) is 11.1. The van der Waals surface area contributed by atoms with E-state index in [0.29, 0.717) is 12.6 Å². The normalized spacial score (nSPS) is 11.1. The summed E-state index contributed by atoms with van der Waals surface area (Å²) in [6, 6.07) is 20.6. The highest BCUT2D eigenvalue weighted by Crippen LogP contribution is 2.35. The maximum absolute atomic E-state index is 6.14. The van der Waals surface area contributed by atoms with Crippen LogP contribution in [0.4, 0.5) is 0 Å². The van der Waals surface area contributed by atoms with Gasteiger partial charge < -0.3 is 9.73 Å². The van der Waals surface area contributed by atoms with Gasteiger partial charge >= 0.3 is 0 Å². The Hall–Kier alpha value is -2.03. The fraction of sp³-hybridized carbons (Fsp3) is 0.200. The van der Waals surface area contributed by atoms with Crippen molar-refractivity contribution >= 4 is 11.6 Å². The lowest BCUT2D eigenvalue weighted by Crippen LogP contribution is -2.21. The number of benzene rings is 2. The molecule has 0 atom stereocenters. The molecule has 3 aromatic rings. The van der Waals surface area contributed by atoms with E-state index in [1.54, 1.807) is 0 Å². The molecule has 1 N–H and O–H groups in total. The molecule has 0 saturated carbocycles. The van der Waals surface area contributed by atoms with Gasteiger partial charge in [0.25, 0.3) is 0 Å². The minimum absolute atomic E-state index is 0.416. The van der Waals surface area contributed by atoms with Gasteiger partial charge in [-0.25, -0.2) is 0 Å². The summed E-state index contributed by atoms with van der Waals surface area (Å²) in [5, 5.41) is 4.12. The Balaban J connectivity index is 2.03. The van der Waals surface area contributed by atoms with Crippen LogP contribution in [-0.2, 0) is 6.54 Å². The molecule has 118 valence electrons. The Morgan fingerprint density at radius 2 is 1.65 bits per heavy atom. The number of furan rings is 1. The van der Waals surface area contributed by atoms with E-state index in [-0.39, 0.29) is 0 Å². The molecule has 0 fully saturated rings. The molecule has 1 aromatic heterocycles. The molecule has 23 heavy (non-hydrogen) atoms. The Labute approximate surface area is 142 Å². The van der Waals surface area contributed by atoms with Crippen molar-refractivity contribution in [3.8, 4) is 22.5 Å². The molecule has 3 heteroatoms. The zero-order chi connectivity index (χ0) is 16.2. The average molecular weight is 326 g/mol. The lowest BCUT2D eigenvalue weighted by molar-refractivity contribution is 0.473. The highest BCUT2D eigenvalue weighted by Gasteiger charge is 2.15. The van der Waals surface area contributed by atoms with Gasteiger partial charge in [0.05, 0.1) is 6.54 Å². The summed E-state index contributed by atoms with van der Waals surface area (Å²) in [5.41, 5.74) is 3.29. The second kappa shape index (κ2) is 7.03. The first-order valence-electron chi connectivity index (χ1n) is 7.81. The zero-order valence-corrected chi connectivity index (χ0v) is 14.1. The van der Waals surface area contributed by atoms with Crippen LogP contribution in [-0.4, -0.2) is 6.04 Å². The maximum atomic E-state index is 6.14. The van der Waals surface area contributed by atoms with E-state index < -0.39 is 0 Å². The summed E-state index contributed by atoms with van der Waals surface area (Å²) in [6.07, 6.45) is 0. The lowest BCUT2D eigenvalue weighted by Gasteiger charge is -2.05. The fourth-order valence-electron chi connectivity index (χ4n) is 2.48. The minimum Gasteiger partial charge on any atom is -0.459 e. The molecule has 0 saturated heterocycles. The number of rotatable bonds is 5. The number of hydrogen-bond donors (Lipinski definition) is 1. The van der Waals surface area contributed by atoms with Crippen LogP contribution in [0.25, 0.3) is 22.5 Å². The second-order valence-electron chi connectivity index (χ2n) is 5.86. The van der Waals surface area contributed by atoms with Gasteiger partial charge in [0.15, 0.2) is 0 Å². The predicted octanol–water partition coefficient (Wildman–Crippen LogP) is 5.77. The predicted molar refractivity (Wildman–Crippen MR) is 96.6 cm³/mol. The van der Waals surface area contributed by atoms with Crippen molar-refractivity contribution in [2.45, 2.75) is 26.4 Å². The number of halogens is 1. The van der Waals surface area contributed by atoms with Crippen LogP contribution < -0.4 is 5.32 Å². The van der Waals surface area contributed by atoms with Gasteiger partial charge in [-0.3, -0.25) is 0 Å². The molecule has 0 aliphatic rings. The molecule has 0 aliphatic carbocycles. The zero-order valence-electron chi connectivity index (χ0n) is 13.3. The van der Waals surface area contributed by atoms with Crippen molar-refractivity contribution in [2.24, 2.45) is 0 Å². The minimum atomic E-state index is 0.416. The molecule has 0 amide bonds. The molecule has 2 nitrogen and oxygen atoms in total. The molecule has 0 unspecified atom stereocenters. The molecule has 0 bridgehead atoms. The van der Waals surface area contributed by atoms with Crippen molar-refractivity contribution < 1.29 is 4.42 Å². The maximum Gasteiger partial charge on any atom is 0.142 e. The monoisotopic (exact) mass is 325 g/mol. The average Bonchev–Trinajstić information content (AvgIpc) is 2.99. The molecule has 3 rings (SSSR count). The number of nitrogens with one attached hydrogen (secondary N) is 1. The highest BCUT2D eigenvalue weighted by molar-refractivity contribution is 6.30. The van der Waals surface area contributed by atoms with Gasteiger partial charge in [0.1, 0.15) is 11.5 Å². The highest BCUT2D eigenvalue weighted by atomic mass is 35.5. The summed E-state index contributed by atoms with van der Waals surface area (Å²) in [5.74, 6) is 1.82. The van der Waals surface area contributed by atoms with Gasteiger partial charge in [-0.15, -0.1) is 0 Å². The Morgan fingerprint density at radius 3 is 2.30 bits per heavy atom. The quantitative estimate of drug-likeness (QED) is 0.644. The smallest absolute Gasteiger partial charge is 0.142 e. The molecule has 1 heterocycles. The van der Waals surface area contributed by atoms with Gasteiger partial charge in [-0.2, -0.15) is 0 Å². The van der Waals surface area contributed by atoms with Gasteiger partial charge in [0.2, 0.25) is 0 Å². The first-order valence-corrected chi connectivity index (χ1v) is 8.19. The van der Waals surface area contributed by atoms with Crippen LogP contribution >= 0.6 is 11.6 Å². The Kier molecular flexibility index (Phi) is 4.85. The van der Waals surface area contributed by atoms with Crippen molar-refractivity contribution in [1.82, 2.24) is 5.32 Å². The van der Waals surface area contributed by atoms with Crippen LogP contribution in [0.3, 0.4) is 0 Å². The summed E-state index contributed by atoms with van der Waals surface area (Å²) in [7, 11) is 0. The van der Waals surface area contributed by atoms with Crippen LogP contribution in [0.15, 0.2) is 65.1 Å². The van der Waals surface area contributed by atoms with Gasteiger partial charge in [-0.1, -0.05) is 55.8 Å². The van der Waals surface area contributed by atoms with E-state index in [1.165, 1.54) is 0 Å². The topological polar surface area (TPSA) is 25.2 Å². The third-order valence-electron chi connectivity index (χ3n) is 3.66. The lowest BCUT2D eigenvalue weighted by atomic mass is 10.0. The Morgan fingerprint density at radius 1 is 0.957 bits per heavy atom. The van der Waals surface area contributed by atoms with Crippen LogP contribution in [0.1, 0.15) is 19.6 Å². The van der Waals surface area contributed by atoms with Crippen LogP contribution in [0.5, 0.6) is 0 Å². The van der Waals surface area contributed by atoms with Crippen molar-refractivity contribution in [3.63, 3.8) is 0 Å². The van der Waals surface area contributed by atoms with E-state index >= 15 is 0 Å². The molecule has 2 aromatic carbocycles. The third kappa shape index (κ3) is 3.84. The second-order valence-corrected chi connectivity index (χ2v) is 6.30. The van der Waals surface area contributed by atoms with Crippen LogP contribution in [0.2, 0.25) is 5.02 Å². The standard InChI is InChI=1S/C20H20ClNO/c1-14(2)22-13-18-12-19(15-6-4-3-5-7-15)20(23-18)16-8-10-17(21)11-9-16/h3-12,14,22H,13H2,1-2H3. The van der Waals surface area contributed by atoms with E-state index in [1.807, 2.05) is 42.5 Å².